The van der Waals surface area contributed by atoms with Gasteiger partial charge in [0.2, 0.25) is 0 Å². The Labute approximate surface area is 123 Å². The topological polar surface area (TPSA) is 64.6 Å². The average Bonchev–Trinajstić information content (AvgIpc) is 2.33. The molecule has 1 aromatic rings. The molecule has 0 saturated heterocycles. The molecule has 1 aromatic carbocycles. The molecule has 8 heteroatoms. The molecule has 0 radical (unpaired) electrons. The Morgan fingerprint density at radius 3 is 2.21 bits per heavy atom. The highest BCUT2D eigenvalue weighted by Gasteiger charge is 2.28. The summed E-state index contributed by atoms with van der Waals surface area (Å²) in [5.74, 6) is 0. The van der Waals surface area contributed by atoms with Gasteiger partial charge in [0.15, 0.2) is 0 Å². The van der Waals surface area contributed by atoms with Crippen molar-refractivity contribution in [1.29, 1.82) is 0 Å². The lowest BCUT2D eigenvalue weighted by Gasteiger charge is -2.24. The van der Waals surface area contributed by atoms with Crippen LogP contribution >= 0.6 is 23.2 Å². The van der Waals surface area contributed by atoms with Gasteiger partial charge in [0, 0.05) is 29.8 Å². The molecule has 19 heavy (non-hydrogen) atoms. The van der Waals surface area contributed by atoms with E-state index < -0.39 is 22.5 Å². The molecule has 0 bridgehead atoms. The molecule has 5 nitrogen and oxygen atoms in total. The highest BCUT2D eigenvalue weighted by Crippen LogP contribution is 2.35. The maximum Gasteiger partial charge on any atom is 0.335 e. The molecule has 1 N–H and O–H groups in total. The van der Waals surface area contributed by atoms with Crippen molar-refractivity contribution >= 4 is 33.5 Å². The first-order valence-corrected chi connectivity index (χ1v) is 7.57. The summed E-state index contributed by atoms with van der Waals surface area (Å²) in [7, 11) is -1.14. The molecular formula is C11H15Cl2NO4S. The largest absolute Gasteiger partial charge is 0.374 e. The third-order valence-corrected chi connectivity index (χ3v) is 4.21. The Morgan fingerprint density at radius 1 is 1.26 bits per heavy atom. The van der Waals surface area contributed by atoms with Crippen LogP contribution in [0.25, 0.3) is 0 Å². The van der Waals surface area contributed by atoms with E-state index in [-0.39, 0.29) is 0 Å². The normalized spacial score (nSPS) is 15.2. The van der Waals surface area contributed by atoms with E-state index in [2.05, 4.69) is 4.72 Å². The third kappa shape index (κ3) is 4.30. The first-order chi connectivity index (χ1) is 8.82. The number of rotatable bonds is 6. The van der Waals surface area contributed by atoms with E-state index >= 15 is 0 Å². The number of ether oxygens (including phenoxy) is 1. The quantitative estimate of drug-likeness (QED) is 0.872. The number of methoxy groups -OCH3 is 1. The molecule has 1 rings (SSSR count). The van der Waals surface area contributed by atoms with Crippen LogP contribution in [0.15, 0.2) is 18.2 Å². The van der Waals surface area contributed by atoms with Gasteiger partial charge in [-0.2, -0.15) is 13.1 Å². The zero-order chi connectivity index (χ0) is 14.6. The van der Waals surface area contributed by atoms with Crippen LogP contribution in [-0.4, -0.2) is 28.7 Å². The summed E-state index contributed by atoms with van der Waals surface area (Å²) < 4.78 is 35.0. The number of benzene rings is 1. The van der Waals surface area contributed by atoms with Crippen molar-refractivity contribution < 1.29 is 17.3 Å². The van der Waals surface area contributed by atoms with Crippen LogP contribution in [0.3, 0.4) is 0 Å². The first-order valence-electron chi connectivity index (χ1n) is 5.41. The minimum atomic E-state index is -3.82. The third-order valence-electron chi connectivity index (χ3n) is 2.49. The second-order valence-corrected chi connectivity index (χ2v) is 6.07. The van der Waals surface area contributed by atoms with Crippen molar-refractivity contribution in [3.05, 3.63) is 33.8 Å². The predicted molar refractivity (Wildman–Crippen MR) is 74.7 cm³/mol. The van der Waals surface area contributed by atoms with E-state index in [9.17, 15) is 8.42 Å². The highest BCUT2D eigenvalue weighted by atomic mass is 35.5. The summed E-state index contributed by atoms with van der Waals surface area (Å²) >= 11 is 12.1. The van der Waals surface area contributed by atoms with E-state index in [0.717, 1.165) is 0 Å². The van der Waals surface area contributed by atoms with Gasteiger partial charge in [-0.1, -0.05) is 29.3 Å². The molecule has 0 spiro atoms. The fraction of sp³-hybridized carbons (Fsp3) is 0.455. The van der Waals surface area contributed by atoms with Gasteiger partial charge in [0.05, 0.1) is 0 Å². The van der Waals surface area contributed by atoms with Crippen LogP contribution in [-0.2, 0) is 19.2 Å². The molecule has 2 atom stereocenters. The van der Waals surface area contributed by atoms with Gasteiger partial charge < -0.3 is 4.74 Å². The minimum Gasteiger partial charge on any atom is -0.374 e. The molecule has 108 valence electrons. The first kappa shape index (κ1) is 16.7. The SMILES string of the molecule is CNS(=O)(=O)OC(C)C(OC)c1c(Cl)cccc1Cl. The van der Waals surface area contributed by atoms with Crippen molar-refractivity contribution in [2.45, 2.75) is 19.1 Å². The van der Waals surface area contributed by atoms with Gasteiger partial charge in [-0.3, -0.25) is 4.18 Å². The van der Waals surface area contributed by atoms with Crippen LogP contribution in [0.5, 0.6) is 0 Å². The summed E-state index contributed by atoms with van der Waals surface area (Å²) in [5.41, 5.74) is 0.493. The van der Waals surface area contributed by atoms with Gasteiger partial charge in [-0.25, -0.2) is 0 Å². The maximum atomic E-state index is 11.4. The van der Waals surface area contributed by atoms with Crippen molar-refractivity contribution in [3.8, 4) is 0 Å². The Balaban J connectivity index is 3.07. The van der Waals surface area contributed by atoms with E-state index in [0.29, 0.717) is 15.6 Å². The summed E-state index contributed by atoms with van der Waals surface area (Å²) in [6, 6.07) is 4.99. The van der Waals surface area contributed by atoms with Crippen molar-refractivity contribution in [2.24, 2.45) is 0 Å². The highest BCUT2D eigenvalue weighted by molar-refractivity contribution is 7.84. The summed E-state index contributed by atoms with van der Waals surface area (Å²) in [6.07, 6.45) is -1.50. The Kier molecular flexibility index (Phi) is 6.04. The molecular weight excluding hydrogens is 313 g/mol. The van der Waals surface area contributed by atoms with Gasteiger partial charge in [-0.15, -0.1) is 0 Å². The summed E-state index contributed by atoms with van der Waals surface area (Å²) in [6.45, 7) is 1.56. The number of halogens is 2. The summed E-state index contributed by atoms with van der Waals surface area (Å²) in [5, 5.41) is 0.772. The molecule has 0 aromatic heterocycles. The molecule has 0 amide bonds. The molecule has 0 aliphatic carbocycles. The van der Waals surface area contributed by atoms with E-state index in [1.54, 1.807) is 25.1 Å². The smallest absolute Gasteiger partial charge is 0.335 e. The number of hydrogen-bond donors (Lipinski definition) is 1. The Hall–Kier alpha value is -0.370. The zero-order valence-electron chi connectivity index (χ0n) is 10.7. The molecule has 0 saturated carbocycles. The molecule has 0 aliphatic rings. The van der Waals surface area contributed by atoms with E-state index in [1.807, 2.05) is 0 Å². The standard InChI is InChI=1S/C11H15Cl2NO4S/c1-7(18-19(15,16)14-2)11(17-3)10-8(12)5-4-6-9(10)13/h4-7,11,14H,1-3H3. The van der Waals surface area contributed by atoms with E-state index in [1.165, 1.54) is 14.2 Å². The van der Waals surface area contributed by atoms with Gasteiger partial charge >= 0.3 is 10.3 Å². The zero-order valence-corrected chi connectivity index (χ0v) is 13.0. The molecule has 2 unspecified atom stereocenters. The van der Waals surface area contributed by atoms with Crippen molar-refractivity contribution in [2.75, 3.05) is 14.2 Å². The fourth-order valence-electron chi connectivity index (χ4n) is 1.63. The Morgan fingerprint density at radius 2 is 1.79 bits per heavy atom. The molecule has 0 fully saturated rings. The second kappa shape index (κ2) is 6.88. The maximum absolute atomic E-state index is 11.4. The van der Waals surface area contributed by atoms with Gasteiger partial charge in [0.25, 0.3) is 0 Å². The fourth-order valence-corrected chi connectivity index (χ4v) is 2.83. The van der Waals surface area contributed by atoms with Crippen LogP contribution in [0.4, 0.5) is 0 Å². The lowest BCUT2D eigenvalue weighted by molar-refractivity contribution is 0.0120. The van der Waals surface area contributed by atoms with E-state index in [4.69, 9.17) is 32.1 Å². The van der Waals surface area contributed by atoms with Crippen LogP contribution in [0.2, 0.25) is 10.0 Å². The number of nitrogens with one attached hydrogen (secondary N) is 1. The van der Waals surface area contributed by atoms with Crippen LogP contribution in [0, 0.1) is 0 Å². The molecule has 0 aliphatic heterocycles. The van der Waals surface area contributed by atoms with Crippen LogP contribution in [0.1, 0.15) is 18.6 Å². The second-order valence-electron chi connectivity index (χ2n) is 3.75. The van der Waals surface area contributed by atoms with Crippen LogP contribution < -0.4 is 4.72 Å². The number of hydrogen-bond acceptors (Lipinski definition) is 4. The lowest BCUT2D eigenvalue weighted by atomic mass is 10.1. The average molecular weight is 328 g/mol. The minimum absolute atomic E-state index is 0.386. The molecule has 0 heterocycles. The monoisotopic (exact) mass is 327 g/mol. The summed E-state index contributed by atoms with van der Waals surface area (Å²) in [4.78, 5) is 0. The van der Waals surface area contributed by atoms with Crippen molar-refractivity contribution in [1.82, 2.24) is 4.72 Å². The Bertz CT molecular complexity index is 515. The predicted octanol–water partition coefficient (Wildman–Crippen LogP) is 2.55. The lowest BCUT2D eigenvalue weighted by Crippen LogP contribution is -2.30. The van der Waals surface area contributed by atoms with Gasteiger partial charge in [0.1, 0.15) is 12.2 Å². The van der Waals surface area contributed by atoms with Gasteiger partial charge in [-0.05, 0) is 19.1 Å². The van der Waals surface area contributed by atoms with Crippen molar-refractivity contribution in [3.63, 3.8) is 0 Å².